The van der Waals surface area contributed by atoms with Gasteiger partial charge in [-0.05, 0) is 30.7 Å². The summed E-state index contributed by atoms with van der Waals surface area (Å²) >= 11 is 7.58. The Hall–Kier alpha value is 0.01000. The maximum absolute atomic E-state index is 4.13. The van der Waals surface area contributed by atoms with Crippen molar-refractivity contribution >= 4 is 28.6 Å². The van der Waals surface area contributed by atoms with Crippen molar-refractivity contribution in [2.24, 2.45) is 0 Å². The van der Waals surface area contributed by atoms with E-state index in [1.165, 1.54) is 5.56 Å². The molecule has 1 N–H and O–H groups in total. The molecule has 72 valence electrons. The minimum atomic E-state index is 0.901. The molecule has 0 fully saturated rings. The molecule has 0 saturated heterocycles. The Bertz CT molecular complexity index is 252. The average Bonchev–Trinajstić information content (AvgIpc) is 2.13. The van der Waals surface area contributed by atoms with E-state index in [2.05, 4.69) is 52.1 Å². The zero-order valence-electron chi connectivity index (χ0n) is 7.46. The van der Waals surface area contributed by atoms with Crippen LogP contribution < -0.4 is 5.32 Å². The molecular formula is C10H14BrNS. The van der Waals surface area contributed by atoms with Crippen LogP contribution in [0, 0.1) is 0 Å². The van der Waals surface area contributed by atoms with E-state index in [0.717, 1.165) is 29.7 Å². The van der Waals surface area contributed by atoms with Crippen LogP contribution in [0.25, 0.3) is 0 Å². The second-order valence-electron chi connectivity index (χ2n) is 2.85. The second-order valence-corrected chi connectivity index (χ2v) is 4.22. The number of halogens is 1. The molecule has 0 aromatic heterocycles. The van der Waals surface area contributed by atoms with Gasteiger partial charge in [0.15, 0.2) is 0 Å². The molecule has 1 nitrogen and oxygen atoms in total. The van der Waals surface area contributed by atoms with Gasteiger partial charge in [0.05, 0.1) is 0 Å². The van der Waals surface area contributed by atoms with Gasteiger partial charge in [0, 0.05) is 16.8 Å². The Morgan fingerprint density at radius 2 is 2.15 bits per heavy atom. The minimum absolute atomic E-state index is 0.901. The highest BCUT2D eigenvalue weighted by Crippen LogP contribution is 2.11. The molecule has 0 atom stereocenters. The standard InChI is InChI=1S/C10H14BrNS/c11-10-3-1-2-9(8-10)4-5-12-6-7-13/h1-3,8,12-13H,4-7H2. The van der Waals surface area contributed by atoms with E-state index in [4.69, 9.17) is 0 Å². The largest absolute Gasteiger partial charge is 0.316 e. The first-order chi connectivity index (χ1) is 6.33. The molecule has 0 saturated carbocycles. The zero-order valence-corrected chi connectivity index (χ0v) is 9.94. The van der Waals surface area contributed by atoms with Crippen LogP contribution in [0.4, 0.5) is 0 Å². The second kappa shape index (κ2) is 6.46. The molecule has 0 aliphatic heterocycles. The predicted octanol–water partition coefficient (Wildman–Crippen LogP) is 2.51. The van der Waals surface area contributed by atoms with E-state index < -0.39 is 0 Å². The lowest BCUT2D eigenvalue weighted by atomic mass is 10.1. The quantitative estimate of drug-likeness (QED) is 0.612. The highest BCUT2D eigenvalue weighted by molar-refractivity contribution is 9.10. The lowest BCUT2D eigenvalue weighted by molar-refractivity contribution is 0.722. The molecule has 0 spiro atoms. The summed E-state index contributed by atoms with van der Waals surface area (Å²) in [7, 11) is 0. The number of rotatable bonds is 5. The number of hydrogen-bond donors (Lipinski definition) is 2. The zero-order chi connectivity index (χ0) is 9.52. The summed E-state index contributed by atoms with van der Waals surface area (Å²) in [6, 6.07) is 8.41. The Morgan fingerprint density at radius 1 is 1.31 bits per heavy atom. The van der Waals surface area contributed by atoms with Crippen LogP contribution in [0.5, 0.6) is 0 Å². The molecule has 1 aromatic rings. The van der Waals surface area contributed by atoms with Crippen molar-refractivity contribution < 1.29 is 0 Å². The molecule has 0 aliphatic rings. The third-order valence-electron chi connectivity index (χ3n) is 1.77. The molecule has 0 heterocycles. The summed E-state index contributed by atoms with van der Waals surface area (Å²) in [5.41, 5.74) is 1.36. The van der Waals surface area contributed by atoms with E-state index in [9.17, 15) is 0 Å². The molecular weight excluding hydrogens is 246 g/mol. The van der Waals surface area contributed by atoms with Gasteiger partial charge in [0.25, 0.3) is 0 Å². The third-order valence-corrected chi connectivity index (χ3v) is 2.48. The first kappa shape index (κ1) is 11.1. The van der Waals surface area contributed by atoms with Gasteiger partial charge in [-0.15, -0.1) is 0 Å². The monoisotopic (exact) mass is 259 g/mol. The molecule has 0 amide bonds. The highest BCUT2D eigenvalue weighted by Gasteiger charge is 1.93. The van der Waals surface area contributed by atoms with Crippen LogP contribution in [0.1, 0.15) is 5.56 Å². The van der Waals surface area contributed by atoms with E-state index in [-0.39, 0.29) is 0 Å². The van der Waals surface area contributed by atoms with Gasteiger partial charge in [-0.25, -0.2) is 0 Å². The van der Waals surface area contributed by atoms with E-state index >= 15 is 0 Å². The fraction of sp³-hybridized carbons (Fsp3) is 0.400. The van der Waals surface area contributed by atoms with Crippen molar-refractivity contribution in [3.63, 3.8) is 0 Å². The third kappa shape index (κ3) is 4.69. The SMILES string of the molecule is SCCNCCc1cccc(Br)c1. The molecule has 0 aliphatic carbocycles. The molecule has 0 unspecified atom stereocenters. The predicted molar refractivity (Wildman–Crippen MR) is 64.6 cm³/mol. The topological polar surface area (TPSA) is 12.0 Å². The van der Waals surface area contributed by atoms with E-state index in [1.54, 1.807) is 0 Å². The molecule has 1 rings (SSSR count). The van der Waals surface area contributed by atoms with Gasteiger partial charge in [0.2, 0.25) is 0 Å². The van der Waals surface area contributed by atoms with Crippen molar-refractivity contribution in [3.8, 4) is 0 Å². The lowest BCUT2D eigenvalue weighted by Gasteiger charge is -2.03. The van der Waals surface area contributed by atoms with Crippen molar-refractivity contribution in [1.29, 1.82) is 0 Å². The molecule has 0 bridgehead atoms. The molecule has 13 heavy (non-hydrogen) atoms. The fourth-order valence-corrected chi connectivity index (χ4v) is 1.73. The highest BCUT2D eigenvalue weighted by atomic mass is 79.9. The van der Waals surface area contributed by atoms with Crippen molar-refractivity contribution in [3.05, 3.63) is 34.3 Å². The van der Waals surface area contributed by atoms with Gasteiger partial charge in [0.1, 0.15) is 0 Å². The van der Waals surface area contributed by atoms with Crippen molar-refractivity contribution in [1.82, 2.24) is 5.32 Å². The normalized spacial score (nSPS) is 10.3. The summed E-state index contributed by atoms with van der Waals surface area (Å²) < 4.78 is 1.15. The first-order valence-corrected chi connectivity index (χ1v) is 5.81. The van der Waals surface area contributed by atoms with Crippen molar-refractivity contribution in [2.75, 3.05) is 18.8 Å². The van der Waals surface area contributed by atoms with E-state index in [0.29, 0.717) is 0 Å². The Morgan fingerprint density at radius 3 is 2.85 bits per heavy atom. The number of hydrogen-bond acceptors (Lipinski definition) is 2. The van der Waals surface area contributed by atoms with Crippen LogP contribution in [0.2, 0.25) is 0 Å². The van der Waals surface area contributed by atoms with Crippen LogP contribution >= 0.6 is 28.6 Å². The minimum Gasteiger partial charge on any atom is -0.316 e. The Labute approximate surface area is 93.5 Å². The van der Waals surface area contributed by atoms with Gasteiger partial charge >= 0.3 is 0 Å². The summed E-state index contributed by atoms with van der Waals surface area (Å²) in [6.45, 7) is 2.01. The van der Waals surface area contributed by atoms with E-state index in [1.807, 2.05) is 6.07 Å². The van der Waals surface area contributed by atoms with Gasteiger partial charge in [-0.2, -0.15) is 12.6 Å². The summed E-state index contributed by atoms with van der Waals surface area (Å²) in [5, 5.41) is 3.31. The first-order valence-electron chi connectivity index (χ1n) is 4.39. The molecule has 3 heteroatoms. The lowest BCUT2D eigenvalue weighted by Crippen LogP contribution is -2.19. The van der Waals surface area contributed by atoms with Crippen LogP contribution in [0.3, 0.4) is 0 Å². The maximum Gasteiger partial charge on any atom is 0.0178 e. The van der Waals surface area contributed by atoms with Crippen LogP contribution in [-0.4, -0.2) is 18.8 Å². The van der Waals surface area contributed by atoms with Crippen LogP contribution in [0.15, 0.2) is 28.7 Å². The van der Waals surface area contributed by atoms with Gasteiger partial charge in [-0.3, -0.25) is 0 Å². The smallest absolute Gasteiger partial charge is 0.0178 e. The van der Waals surface area contributed by atoms with Crippen LogP contribution in [-0.2, 0) is 6.42 Å². The summed E-state index contributed by atoms with van der Waals surface area (Å²) in [6.07, 6.45) is 1.08. The maximum atomic E-state index is 4.13. The molecule has 0 radical (unpaired) electrons. The summed E-state index contributed by atoms with van der Waals surface area (Å²) in [5.74, 6) is 0.901. The van der Waals surface area contributed by atoms with Gasteiger partial charge in [-0.1, -0.05) is 28.1 Å². The van der Waals surface area contributed by atoms with Crippen molar-refractivity contribution in [2.45, 2.75) is 6.42 Å². The summed E-state index contributed by atoms with van der Waals surface area (Å²) in [4.78, 5) is 0. The fourth-order valence-electron chi connectivity index (χ4n) is 1.13. The number of nitrogens with one attached hydrogen (secondary N) is 1. The number of thiol groups is 1. The Kier molecular flexibility index (Phi) is 5.51. The average molecular weight is 260 g/mol. The molecule has 1 aromatic carbocycles. The number of benzene rings is 1. The Balaban J connectivity index is 2.28. The van der Waals surface area contributed by atoms with Gasteiger partial charge < -0.3 is 5.32 Å².